The lowest BCUT2D eigenvalue weighted by Crippen LogP contribution is -2.49. The van der Waals surface area contributed by atoms with Crippen LogP contribution in [0.2, 0.25) is 0 Å². The molecule has 9 heteroatoms. The van der Waals surface area contributed by atoms with Gasteiger partial charge in [-0.05, 0) is 5.56 Å². The van der Waals surface area contributed by atoms with Crippen LogP contribution in [-0.4, -0.2) is 44.9 Å². The molecular formula is C14H20ClN5O3. The summed E-state index contributed by atoms with van der Waals surface area (Å²) in [7, 11) is 0. The second kappa shape index (κ2) is 9.78. The van der Waals surface area contributed by atoms with Crippen LogP contribution in [0.25, 0.3) is 0 Å². The number of carbonyl (C=O) groups is 1. The molecule has 1 aromatic heterocycles. The van der Waals surface area contributed by atoms with Crippen molar-refractivity contribution in [3.05, 3.63) is 48.3 Å². The lowest BCUT2D eigenvalue weighted by molar-refractivity contribution is 0.0969. The standard InChI is InChI=1S/C14H19N5O3.ClH/c15-8-13(20)12(9-19-16-6-7-17-19)18-14(21)22-10-11-4-2-1-3-5-11;/h1-7,12-13,20H,8-10,15H2,(H,18,21);1H/t12-,13-;/m1./s1. The van der Waals surface area contributed by atoms with Gasteiger partial charge in [0.05, 0.1) is 31.1 Å². The number of amides is 1. The van der Waals surface area contributed by atoms with Crippen molar-refractivity contribution in [1.29, 1.82) is 0 Å². The van der Waals surface area contributed by atoms with Gasteiger partial charge in [-0.1, -0.05) is 30.3 Å². The summed E-state index contributed by atoms with van der Waals surface area (Å²) in [6.07, 6.45) is 1.47. The number of aliphatic hydroxyl groups is 1. The van der Waals surface area contributed by atoms with Crippen molar-refractivity contribution in [2.45, 2.75) is 25.3 Å². The van der Waals surface area contributed by atoms with Crippen LogP contribution < -0.4 is 11.1 Å². The molecular weight excluding hydrogens is 322 g/mol. The van der Waals surface area contributed by atoms with E-state index < -0.39 is 18.2 Å². The molecule has 126 valence electrons. The molecule has 0 bridgehead atoms. The predicted molar refractivity (Wildman–Crippen MR) is 85.9 cm³/mol. The highest BCUT2D eigenvalue weighted by atomic mass is 35.5. The Balaban J connectivity index is 0.00000264. The minimum atomic E-state index is -0.921. The van der Waals surface area contributed by atoms with Gasteiger partial charge in [0.2, 0.25) is 0 Å². The van der Waals surface area contributed by atoms with Crippen molar-refractivity contribution in [3.63, 3.8) is 0 Å². The smallest absolute Gasteiger partial charge is 0.407 e. The Morgan fingerprint density at radius 1 is 1.30 bits per heavy atom. The summed E-state index contributed by atoms with van der Waals surface area (Å²) in [5, 5.41) is 20.3. The first-order valence-electron chi connectivity index (χ1n) is 6.88. The summed E-state index contributed by atoms with van der Waals surface area (Å²) in [4.78, 5) is 13.2. The molecule has 0 spiro atoms. The lowest BCUT2D eigenvalue weighted by atomic mass is 10.1. The van der Waals surface area contributed by atoms with Crippen molar-refractivity contribution in [2.75, 3.05) is 6.54 Å². The zero-order valence-electron chi connectivity index (χ0n) is 12.4. The van der Waals surface area contributed by atoms with Gasteiger partial charge in [0.1, 0.15) is 6.61 Å². The summed E-state index contributed by atoms with van der Waals surface area (Å²) < 4.78 is 5.12. The summed E-state index contributed by atoms with van der Waals surface area (Å²) in [6, 6.07) is 8.68. The third kappa shape index (κ3) is 6.23. The monoisotopic (exact) mass is 341 g/mol. The number of carbonyl (C=O) groups excluding carboxylic acids is 1. The third-order valence-electron chi connectivity index (χ3n) is 3.05. The maximum absolute atomic E-state index is 11.8. The fourth-order valence-electron chi connectivity index (χ4n) is 1.86. The maximum atomic E-state index is 11.8. The average Bonchev–Trinajstić information content (AvgIpc) is 3.05. The van der Waals surface area contributed by atoms with Gasteiger partial charge < -0.3 is 20.9 Å². The Hall–Kier alpha value is -2.16. The molecule has 4 N–H and O–H groups in total. The number of rotatable bonds is 7. The van der Waals surface area contributed by atoms with Crippen LogP contribution in [0.15, 0.2) is 42.7 Å². The number of nitrogens with two attached hydrogens (primary N) is 1. The molecule has 2 aromatic rings. The van der Waals surface area contributed by atoms with Gasteiger partial charge >= 0.3 is 6.09 Å². The number of hydrogen-bond donors (Lipinski definition) is 3. The molecule has 0 aliphatic carbocycles. The van der Waals surface area contributed by atoms with Crippen molar-refractivity contribution in [2.24, 2.45) is 5.73 Å². The van der Waals surface area contributed by atoms with Gasteiger partial charge in [-0.25, -0.2) is 4.79 Å². The first-order valence-corrected chi connectivity index (χ1v) is 6.88. The van der Waals surface area contributed by atoms with Crippen molar-refractivity contribution in [1.82, 2.24) is 20.3 Å². The minimum Gasteiger partial charge on any atom is -0.445 e. The molecule has 8 nitrogen and oxygen atoms in total. The topological polar surface area (TPSA) is 115 Å². The molecule has 2 atom stereocenters. The second-order valence-electron chi connectivity index (χ2n) is 4.70. The number of hydrogen-bond acceptors (Lipinski definition) is 6. The van der Waals surface area contributed by atoms with Gasteiger partial charge in [0.25, 0.3) is 0 Å². The zero-order valence-corrected chi connectivity index (χ0v) is 13.2. The Bertz CT molecular complexity index is 567. The number of aliphatic hydroxyl groups excluding tert-OH is 1. The first-order chi connectivity index (χ1) is 10.7. The number of nitrogens with one attached hydrogen (secondary N) is 1. The maximum Gasteiger partial charge on any atom is 0.407 e. The first kappa shape index (κ1) is 18.9. The van der Waals surface area contributed by atoms with E-state index in [-0.39, 0.29) is 32.1 Å². The summed E-state index contributed by atoms with van der Waals surface area (Å²) in [5.74, 6) is 0. The van der Waals surface area contributed by atoms with Gasteiger partial charge in [-0.15, -0.1) is 12.4 Å². The highest BCUT2D eigenvalue weighted by molar-refractivity contribution is 5.85. The molecule has 2 rings (SSSR count). The average molecular weight is 342 g/mol. The molecule has 1 aromatic carbocycles. The number of nitrogens with zero attached hydrogens (tertiary/aromatic N) is 3. The van der Waals surface area contributed by atoms with Crippen molar-refractivity contribution in [3.8, 4) is 0 Å². The van der Waals surface area contributed by atoms with Crippen LogP contribution in [0.4, 0.5) is 4.79 Å². The molecule has 0 aliphatic heterocycles. The molecule has 1 amide bonds. The molecule has 0 fully saturated rings. The number of halogens is 1. The van der Waals surface area contributed by atoms with E-state index in [0.717, 1.165) is 5.56 Å². The quantitative estimate of drug-likeness (QED) is 0.667. The van der Waals surface area contributed by atoms with Crippen LogP contribution in [0.5, 0.6) is 0 Å². The normalized spacial score (nSPS) is 12.8. The van der Waals surface area contributed by atoms with Gasteiger partial charge in [0.15, 0.2) is 0 Å². The predicted octanol–water partition coefficient (Wildman–Crippen LogP) is 0.314. The summed E-state index contributed by atoms with van der Waals surface area (Å²) in [6.45, 7) is 0.356. The number of benzene rings is 1. The van der Waals surface area contributed by atoms with E-state index in [4.69, 9.17) is 10.5 Å². The number of aromatic nitrogens is 3. The highest BCUT2D eigenvalue weighted by Gasteiger charge is 2.22. The largest absolute Gasteiger partial charge is 0.445 e. The van der Waals surface area contributed by atoms with Gasteiger partial charge in [-0.2, -0.15) is 15.0 Å². The molecule has 0 saturated carbocycles. The molecule has 23 heavy (non-hydrogen) atoms. The molecule has 0 aliphatic rings. The molecule has 0 unspecified atom stereocenters. The van der Waals surface area contributed by atoms with E-state index in [0.29, 0.717) is 0 Å². The molecule has 1 heterocycles. The van der Waals surface area contributed by atoms with E-state index in [1.165, 1.54) is 17.2 Å². The summed E-state index contributed by atoms with van der Waals surface area (Å²) >= 11 is 0. The molecule has 0 radical (unpaired) electrons. The Kier molecular flexibility index (Phi) is 8.03. The van der Waals surface area contributed by atoms with E-state index in [1.807, 2.05) is 30.3 Å². The van der Waals surface area contributed by atoms with Crippen LogP contribution in [0.1, 0.15) is 5.56 Å². The Morgan fingerprint density at radius 2 is 1.96 bits per heavy atom. The fraction of sp³-hybridized carbons (Fsp3) is 0.357. The Morgan fingerprint density at radius 3 is 2.57 bits per heavy atom. The van der Waals surface area contributed by atoms with Crippen LogP contribution >= 0.6 is 12.4 Å². The van der Waals surface area contributed by atoms with Crippen molar-refractivity contribution < 1.29 is 14.6 Å². The van der Waals surface area contributed by atoms with E-state index in [1.54, 1.807) is 0 Å². The van der Waals surface area contributed by atoms with Gasteiger partial charge in [-0.3, -0.25) is 0 Å². The second-order valence-corrected chi connectivity index (χ2v) is 4.70. The minimum absolute atomic E-state index is 0. The highest BCUT2D eigenvalue weighted by Crippen LogP contribution is 2.02. The lowest BCUT2D eigenvalue weighted by Gasteiger charge is -2.22. The Labute approximate surface area is 140 Å². The van der Waals surface area contributed by atoms with Crippen LogP contribution in [0.3, 0.4) is 0 Å². The van der Waals surface area contributed by atoms with E-state index in [9.17, 15) is 9.90 Å². The van der Waals surface area contributed by atoms with Crippen LogP contribution in [0, 0.1) is 0 Å². The zero-order chi connectivity index (χ0) is 15.8. The third-order valence-corrected chi connectivity index (χ3v) is 3.05. The van der Waals surface area contributed by atoms with Gasteiger partial charge in [0, 0.05) is 6.54 Å². The SMILES string of the molecule is Cl.NC[C@@H](O)[C@@H](Cn1nccn1)NC(=O)OCc1ccccc1. The van der Waals surface area contributed by atoms with Crippen molar-refractivity contribution >= 4 is 18.5 Å². The number of alkyl carbamates (subject to hydrolysis) is 1. The molecule has 0 saturated heterocycles. The fourth-order valence-corrected chi connectivity index (χ4v) is 1.86. The number of ether oxygens (including phenoxy) is 1. The van der Waals surface area contributed by atoms with Crippen LogP contribution in [-0.2, 0) is 17.9 Å². The summed E-state index contributed by atoms with van der Waals surface area (Å²) in [5.41, 5.74) is 6.33. The van der Waals surface area contributed by atoms with E-state index >= 15 is 0 Å². The van der Waals surface area contributed by atoms with E-state index in [2.05, 4.69) is 15.5 Å².